The first-order chi connectivity index (χ1) is 7.24. The molecule has 0 amide bonds. The van der Waals surface area contributed by atoms with Crippen molar-refractivity contribution in [1.82, 2.24) is 5.32 Å². The van der Waals surface area contributed by atoms with Crippen molar-refractivity contribution in [1.29, 1.82) is 0 Å². The summed E-state index contributed by atoms with van der Waals surface area (Å²) in [5.41, 5.74) is 1.08. The highest BCUT2D eigenvalue weighted by Gasteiger charge is 1.99. The summed E-state index contributed by atoms with van der Waals surface area (Å²) in [6.45, 7) is 3.74. The fourth-order valence-corrected chi connectivity index (χ4v) is 1.66. The van der Waals surface area contributed by atoms with Gasteiger partial charge in [-0.05, 0) is 43.7 Å². The first kappa shape index (κ1) is 12.3. The summed E-state index contributed by atoms with van der Waals surface area (Å²) in [7, 11) is 0. The number of phenols is 1. The van der Waals surface area contributed by atoms with Gasteiger partial charge in [0.05, 0.1) is 0 Å². The molecule has 0 atom stereocenters. The topological polar surface area (TPSA) is 32.3 Å². The van der Waals surface area contributed by atoms with Gasteiger partial charge >= 0.3 is 0 Å². The van der Waals surface area contributed by atoms with E-state index in [1.165, 1.54) is 0 Å². The maximum absolute atomic E-state index is 9.32. The van der Waals surface area contributed by atoms with Gasteiger partial charge < -0.3 is 10.4 Å². The highest BCUT2D eigenvalue weighted by Crippen LogP contribution is 2.21. The van der Waals surface area contributed by atoms with E-state index >= 15 is 0 Å². The average Bonchev–Trinajstić information content (AvgIpc) is 2.23. The molecule has 0 saturated heterocycles. The van der Waals surface area contributed by atoms with Gasteiger partial charge in [0.1, 0.15) is 5.75 Å². The molecule has 15 heavy (non-hydrogen) atoms. The van der Waals surface area contributed by atoms with Crippen LogP contribution in [0.15, 0.2) is 34.8 Å². The third-order valence-electron chi connectivity index (χ3n) is 2.07. The van der Waals surface area contributed by atoms with Crippen LogP contribution >= 0.6 is 15.9 Å². The SMILES string of the molecule is C/C=C/CCNCc1cc(O)ccc1Br. The molecule has 1 aromatic carbocycles. The van der Waals surface area contributed by atoms with E-state index in [-0.39, 0.29) is 0 Å². The third kappa shape index (κ3) is 4.49. The molecule has 0 spiro atoms. The summed E-state index contributed by atoms with van der Waals surface area (Å²) < 4.78 is 1.03. The molecule has 0 aromatic heterocycles. The van der Waals surface area contributed by atoms with Gasteiger partial charge in [0.15, 0.2) is 0 Å². The zero-order chi connectivity index (χ0) is 11.1. The van der Waals surface area contributed by atoms with E-state index in [4.69, 9.17) is 0 Å². The second-order valence-corrected chi connectivity index (χ2v) is 4.16. The molecule has 0 aliphatic carbocycles. The van der Waals surface area contributed by atoms with Gasteiger partial charge in [-0.15, -0.1) is 0 Å². The summed E-state index contributed by atoms with van der Waals surface area (Å²) in [6, 6.07) is 5.30. The van der Waals surface area contributed by atoms with Crippen LogP contribution in [0.1, 0.15) is 18.9 Å². The normalized spacial score (nSPS) is 11.1. The van der Waals surface area contributed by atoms with Crippen molar-refractivity contribution in [3.63, 3.8) is 0 Å². The Morgan fingerprint density at radius 3 is 3.00 bits per heavy atom. The van der Waals surface area contributed by atoms with Gasteiger partial charge in [-0.2, -0.15) is 0 Å². The van der Waals surface area contributed by atoms with Crippen molar-refractivity contribution in [3.8, 4) is 5.75 Å². The Morgan fingerprint density at radius 1 is 1.47 bits per heavy atom. The van der Waals surface area contributed by atoms with Gasteiger partial charge in [-0.25, -0.2) is 0 Å². The van der Waals surface area contributed by atoms with Crippen LogP contribution < -0.4 is 5.32 Å². The number of hydrogen-bond donors (Lipinski definition) is 2. The summed E-state index contributed by atoms with van der Waals surface area (Å²) in [5, 5.41) is 12.6. The minimum atomic E-state index is 0.309. The molecule has 0 bridgehead atoms. The maximum atomic E-state index is 9.32. The maximum Gasteiger partial charge on any atom is 0.115 e. The number of benzene rings is 1. The lowest BCUT2D eigenvalue weighted by molar-refractivity contribution is 0.474. The Bertz CT molecular complexity index is 336. The Morgan fingerprint density at radius 2 is 2.27 bits per heavy atom. The molecule has 3 heteroatoms. The lowest BCUT2D eigenvalue weighted by Crippen LogP contribution is -2.14. The molecule has 2 nitrogen and oxygen atoms in total. The molecule has 1 rings (SSSR count). The highest BCUT2D eigenvalue weighted by molar-refractivity contribution is 9.10. The Balaban J connectivity index is 2.40. The molecule has 0 aliphatic heterocycles. The molecular weight excluding hydrogens is 254 g/mol. The van der Waals surface area contributed by atoms with E-state index in [9.17, 15) is 5.11 Å². The predicted octanol–water partition coefficient (Wildman–Crippen LogP) is 3.21. The van der Waals surface area contributed by atoms with Gasteiger partial charge in [0, 0.05) is 11.0 Å². The molecule has 0 saturated carbocycles. The molecule has 82 valence electrons. The van der Waals surface area contributed by atoms with Crippen molar-refractivity contribution >= 4 is 15.9 Å². The van der Waals surface area contributed by atoms with Crippen LogP contribution in [0.5, 0.6) is 5.75 Å². The zero-order valence-electron chi connectivity index (χ0n) is 8.83. The molecule has 1 aromatic rings. The van der Waals surface area contributed by atoms with Crippen molar-refractivity contribution in [2.24, 2.45) is 0 Å². The van der Waals surface area contributed by atoms with Crippen LogP contribution in [0.25, 0.3) is 0 Å². The minimum Gasteiger partial charge on any atom is -0.508 e. The van der Waals surface area contributed by atoms with Gasteiger partial charge in [0.2, 0.25) is 0 Å². The minimum absolute atomic E-state index is 0.309. The first-order valence-corrected chi connectivity index (χ1v) is 5.82. The highest BCUT2D eigenvalue weighted by atomic mass is 79.9. The number of rotatable bonds is 5. The van der Waals surface area contributed by atoms with Crippen LogP contribution in [0, 0.1) is 0 Å². The monoisotopic (exact) mass is 269 g/mol. The standard InChI is InChI=1S/C12H16BrNO/c1-2-3-4-7-14-9-10-8-11(15)5-6-12(10)13/h2-3,5-6,8,14-15H,4,7,9H2,1H3/b3-2+. The number of halogens is 1. The molecule has 0 aliphatic rings. The first-order valence-electron chi connectivity index (χ1n) is 5.03. The van der Waals surface area contributed by atoms with Crippen molar-refractivity contribution in [3.05, 3.63) is 40.4 Å². The molecule has 0 unspecified atom stereocenters. The number of allylic oxidation sites excluding steroid dienone is 1. The van der Waals surface area contributed by atoms with Crippen molar-refractivity contribution in [2.75, 3.05) is 6.54 Å². The van der Waals surface area contributed by atoms with E-state index in [1.54, 1.807) is 12.1 Å². The number of nitrogens with one attached hydrogen (secondary N) is 1. The Hall–Kier alpha value is -0.800. The van der Waals surface area contributed by atoms with E-state index < -0.39 is 0 Å². The van der Waals surface area contributed by atoms with E-state index in [2.05, 4.69) is 27.3 Å². The molecule has 0 radical (unpaired) electrons. The summed E-state index contributed by atoms with van der Waals surface area (Å²) in [6.07, 6.45) is 5.21. The second-order valence-electron chi connectivity index (χ2n) is 3.31. The lowest BCUT2D eigenvalue weighted by Gasteiger charge is -2.06. The predicted molar refractivity (Wildman–Crippen MR) is 66.9 cm³/mol. The number of phenolic OH excluding ortho intramolecular Hbond substituents is 1. The molecule has 2 N–H and O–H groups in total. The molecular formula is C12H16BrNO. The number of aromatic hydroxyl groups is 1. The second kappa shape index (κ2) is 6.64. The summed E-state index contributed by atoms with van der Waals surface area (Å²) in [5.74, 6) is 0.309. The zero-order valence-corrected chi connectivity index (χ0v) is 10.4. The van der Waals surface area contributed by atoms with Crippen LogP contribution in [-0.2, 0) is 6.54 Å². The van der Waals surface area contributed by atoms with Gasteiger partial charge in [-0.1, -0.05) is 28.1 Å². The van der Waals surface area contributed by atoms with Gasteiger partial charge in [-0.3, -0.25) is 0 Å². The van der Waals surface area contributed by atoms with E-state index in [0.717, 1.165) is 29.5 Å². The summed E-state index contributed by atoms with van der Waals surface area (Å²) in [4.78, 5) is 0. The van der Waals surface area contributed by atoms with E-state index in [0.29, 0.717) is 5.75 Å². The van der Waals surface area contributed by atoms with Crippen molar-refractivity contribution in [2.45, 2.75) is 19.9 Å². The smallest absolute Gasteiger partial charge is 0.115 e. The fourth-order valence-electron chi connectivity index (χ4n) is 1.27. The van der Waals surface area contributed by atoms with E-state index in [1.807, 2.05) is 19.1 Å². The fraction of sp³-hybridized carbons (Fsp3) is 0.333. The quantitative estimate of drug-likeness (QED) is 0.636. The van der Waals surface area contributed by atoms with Crippen LogP contribution in [-0.4, -0.2) is 11.7 Å². The molecule has 0 fully saturated rings. The molecule has 0 heterocycles. The number of hydrogen-bond acceptors (Lipinski definition) is 2. The lowest BCUT2D eigenvalue weighted by atomic mass is 10.2. The van der Waals surface area contributed by atoms with Crippen LogP contribution in [0.3, 0.4) is 0 Å². The van der Waals surface area contributed by atoms with Crippen molar-refractivity contribution < 1.29 is 5.11 Å². The largest absolute Gasteiger partial charge is 0.508 e. The third-order valence-corrected chi connectivity index (χ3v) is 2.84. The van der Waals surface area contributed by atoms with Gasteiger partial charge in [0.25, 0.3) is 0 Å². The summed E-state index contributed by atoms with van der Waals surface area (Å²) >= 11 is 3.45. The van der Waals surface area contributed by atoms with Crippen LogP contribution in [0.2, 0.25) is 0 Å². The average molecular weight is 270 g/mol. The Labute approximate surface area is 99.1 Å². The van der Waals surface area contributed by atoms with Crippen LogP contribution in [0.4, 0.5) is 0 Å². The Kier molecular flexibility index (Phi) is 5.43.